The van der Waals surface area contributed by atoms with Gasteiger partial charge in [-0.1, -0.05) is 15.9 Å². The van der Waals surface area contributed by atoms with Crippen LogP contribution in [0.5, 0.6) is 11.5 Å². The topological polar surface area (TPSA) is 107 Å². The van der Waals surface area contributed by atoms with Crippen molar-refractivity contribution in [1.29, 1.82) is 0 Å². The van der Waals surface area contributed by atoms with Crippen molar-refractivity contribution in [3.63, 3.8) is 0 Å². The number of benzene rings is 2. The van der Waals surface area contributed by atoms with Crippen LogP contribution in [0.4, 0.5) is 20.6 Å². The van der Waals surface area contributed by atoms with E-state index in [-0.39, 0.29) is 23.3 Å². The molecular weight excluding hydrogens is 559 g/mol. The Bertz CT molecular complexity index is 1310. The average Bonchev–Trinajstić information content (AvgIpc) is 2.82. The van der Waals surface area contributed by atoms with Crippen molar-refractivity contribution in [3.8, 4) is 11.5 Å². The average molecular weight is 591 g/mol. The maximum Gasteiger partial charge on any atom is 0.415 e. The minimum absolute atomic E-state index is 0.00660. The van der Waals surface area contributed by atoms with Gasteiger partial charge in [0.1, 0.15) is 17.7 Å². The number of rotatable bonds is 10. The molecule has 0 radical (unpaired) electrons. The molecule has 38 heavy (non-hydrogen) atoms. The first-order valence-corrected chi connectivity index (χ1v) is 13.1. The molecule has 0 unspecified atom stereocenters. The summed E-state index contributed by atoms with van der Waals surface area (Å²) in [5.74, 6) is -0.286. The monoisotopic (exact) mass is 590 g/mol. The van der Waals surface area contributed by atoms with Gasteiger partial charge >= 0.3 is 11.8 Å². The summed E-state index contributed by atoms with van der Waals surface area (Å²) in [6.45, 7) is 10.2. The van der Waals surface area contributed by atoms with E-state index in [1.165, 1.54) is 23.2 Å². The number of carbonyl (C=O) groups is 1. The number of nitrogens with zero attached hydrogens (tertiary/aromatic N) is 3. The number of amides is 1. The zero-order valence-corrected chi connectivity index (χ0v) is 23.7. The van der Waals surface area contributed by atoms with Crippen molar-refractivity contribution in [2.75, 3.05) is 18.4 Å². The van der Waals surface area contributed by atoms with E-state index >= 15 is 0 Å². The Kier molecular flexibility index (Phi) is 9.48. The molecule has 0 aliphatic heterocycles. The summed E-state index contributed by atoms with van der Waals surface area (Å²) in [6.07, 6.45) is 1.57. The van der Waals surface area contributed by atoms with Gasteiger partial charge in [0.2, 0.25) is 0 Å². The van der Waals surface area contributed by atoms with Crippen molar-refractivity contribution in [3.05, 3.63) is 63.0 Å². The first-order valence-electron chi connectivity index (χ1n) is 12.3. The quantitative estimate of drug-likeness (QED) is 0.150. The van der Waals surface area contributed by atoms with Crippen LogP contribution in [0.25, 0.3) is 10.9 Å². The molecule has 0 aliphatic carbocycles. The SMILES string of the molecule is CCN(C(=O)Oc1cc(F)ccc1O[C@H](C)CCCNc1c([N+](=O)[O-])cnc2ccc(Br)cc12)C(C)(C)C. The van der Waals surface area contributed by atoms with E-state index in [4.69, 9.17) is 9.47 Å². The van der Waals surface area contributed by atoms with Gasteiger partial charge in [-0.15, -0.1) is 0 Å². The number of pyridine rings is 1. The molecule has 1 aromatic heterocycles. The number of carbonyl (C=O) groups excluding carboxylic acids is 1. The van der Waals surface area contributed by atoms with Gasteiger partial charge in [-0.3, -0.25) is 10.1 Å². The molecule has 1 amide bonds. The van der Waals surface area contributed by atoms with E-state index in [1.807, 2.05) is 40.7 Å². The fourth-order valence-corrected chi connectivity index (χ4v) is 4.40. The number of hydrogen-bond acceptors (Lipinski definition) is 7. The maximum atomic E-state index is 14.0. The van der Waals surface area contributed by atoms with Crippen LogP contribution in [0, 0.1) is 15.9 Å². The van der Waals surface area contributed by atoms with Crippen LogP contribution in [0.1, 0.15) is 47.5 Å². The number of fused-ring (bicyclic) bond motifs is 1. The van der Waals surface area contributed by atoms with E-state index in [0.29, 0.717) is 42.5 Å². The summed E-state index contributed by atoms with van der Waals surface area (Å²) in [5, 5.41) is 15.4. The molecule has 2 aromatic carbocycles. The number of hydrogen-bond donors (Lipinski definition) is 1. The molecule has 0 saturated heterocycles. The van der Waals surface area contributed by atoms with Crippen molar-refractivity contribution >= 4 is 44.3 Å². The van der Waals surface area contributed by atoms with E-state index < -0.39 is 22.4 Å². The molecule has 0 saturated carbocycles. The normalized spacial score (nSPS) is 12.2. The number of halogens is 2. The lowest BCUT2D eigenvalue weighted by Gasteiger charge is -2.33. The number of ether oxygens (including phenoxy) is 2. The van der Waals surface area contributed by atoms with Crippen LogP contribution in [0.2, 0.25) is 0 Å². The van der Waals surface area contributed by atoms with Gasteiger partial charge in [0, 0.05) is 34.6 Å². The highest BCUT2D eigenvalue weighted by molar-refractivity contribution is 9.10. The van der Waals surface area contributed by atoms with Gasteiger partial charge in [-0.05, 0) is 77.8 Å². The van der Waals surface area contributed by atoms with Crippen molar-refractivity contribution < 1.29 is 23.6 Å². The Morgan fingerprint density at radius 3 is 2.63 bits per heavy atom. The summed E-state index contributed by atoms with van der Waals surface area (Å²) < 4.78 is 26.3. The molecule has 3 aromatic rings. The molecule has 11 heteroatoms. The molecule has 0 fully saturated rings. The highest BCUT2D eigenvalue weighted by atomic mass is 79.9. The second kappa shape index (κ2) is 12.4. The van der Waals surface area contributed by atoms with Crippen molar-refractivity contribution in [2.24, 2.45) is 0 Å². The summed E-state index contributed by atoms with van der Waals surface area (Å²) in [4.78, 5) is 29.6. The fraction of sp³-hybridized carbons (Fsp3) is 0.407. The Hall–Kier alpha value is -3.47. The third kappa shape index (κ3) is 7.31. The Morgan fingerprint density at radius 1 is 1.24 bits per heavy atom. The van der Waals surface area contributed by atoms with E-state index in [0.717, 1.165) is 10.5 Å². The Balaban J connectivity index is 1.65. The van der Waals surface area contributed by atoms with E-state index in [1.54, 1.807) is 12.1 Å². The molecule has 1 N–H and O–H groups in total. The summed E-state index contributed by atoms with van der Waals surface area (Å²) in [5.41, 5.74) is 0.478. The number of aromatic nitrogens is 1. The van der Waals surface area contributed by atoms with Gasteiger partial charge in [0.15, 0.2) is 11.5 Å². The number of anilines is 1. The van der Waals surface area contributed by atoms with Gasteiger partial charge in [-0.25, -0.2) is 14.2 Å². The van der Waals surface area contributed by atoms with Gasteiger partial charge in [-0.2, -0.15) is 0 Å². The predicted molar refractivity (Wildman–Crippen MR) is 148 cm³/mol. The van der Waals surface area contributed by atoms with Crippen LogP contribution >= 0.6 is 15.9 Å². The largest absolute Gasteiger partial charge is 0.487 e. The van der Waals surface area contributed by atoms with E-state index in [2.05, 4.69) is 26.2 Å². The molecule has 3 rings (SSSR count). The first kappa shape index (κ1) is 29.1. The van der Waals surface area contributed by atoms with Crippen LogP contribution in [-0.4, -0.2) is 45.6 Å². The first-order chi connectivity index (χ1) is 17.9. The number of nitro groups is 1. The minimum Gasteiger partial charge on any atom is -0.487 e. The van der Waals surface area contributed by atoms with Crippen LogP contribution < -0.4 is 14.8 Å². The molecule has 1 atom stereocenters. The maximum absolute atomic E-state index is 14.0. The molecule has 0 aliphatic rings. The molecule has 9 nitrogen and oxygen atoms in total. The highest BCUT2D eigenvalue weighted by Crippen LogP contribution is 2.34. The molecule has 204 valence electrons. The van der Waals surface area contributed by atoms with Crippen molar-refractivity contribution in [2.45, 2.75) is 59.1 Å². The van der Waals surface area contributed by atoms with Gasteiger partial charge in [0.25, 0.3) is 0 Å². The fourth-order valence-electron chi connectivity index (χ4n) is 4.04. The second-order valence-corrected chi connectivity index (χ2v) is 10.7. The predicted octanol–water partition coefficient (Wildman–Crippen LogP) is 7.32. The molecule has 0 spiro atoms. The van der Waals surface area contributed by atoms with Crippen molar-refractivity contribution in [1.82, 2.24) is 9.88 Å². The lowest BCUT2D eigenvalue weighted by molar-refractivity contribution is -0.384. The summed E-state index contributed by atoms with van der Waals surface area (Å²) in [6, 6.07) is 9.22. The molecule has 0 bridgehead atoms. The highest BCUT2D eigenvalue weighted by Gasteiger charge is 2.27. The second-order valence-electron chi connectivity index (χ2n) is 9.81. The third-order valence-corrected chi connectivity index (χ3v) is 6.37. The zero-order valence-electron chi connectivity index (χ0n) is 22.1. The lowest BCUT2D eigenvalue weighted by atomic mass is 10.1. The summed E-state index contributed by atoms with van der Waals surface area (Å²) in [7, 11) is 0. The minimum atomic E-state index is -0.592. The standard InChI is InChI=1S/C27H32BrFN4O5/c1-6-32(27(3,4)5)26(34)38-24-15-19(29)10-12-23(24)37-17(2)8-7-13-30-25-20-14-18(28)9-11-21(20)31-16-22(25)33(35)36/h9-12,14-17H,6-8,13H2,1-5H3,(H,30,31)/t17-/m1/s1. The molecular formula is C27H32BrFN4O5. The van der Waals surface area contributed by atoms with Crippen LogP contribution in [-0.2, 0) is 0 Å². The Morgan fingerprint density at radius 2 is 1.97 bits per heavy atom. The smallest absolute Gasteiger partial charge is 0.415 e. The van der Waals surface area contributed by atoms with Crippen LogP contribution in [0.3, 0.4) is 0 Å². The summed E-state index contributed by atoms with van der Waals surface area (Å²) >= 11 is 3.41. The third-order valence-electron chi connectivity index (χ3n) is 5.87. The number of nitrogens with one attached hydrogen (secondary N) is 1. The lowest BCUT2D eigenvalue weighted by Crippen LogP contribution is -2.46. The van der Waals surface area contributed by atoms with Gasteiger partial charge < -0.3 is 19.7 Å². The molecule has 1 heterocycles. The van der Waals surface area contributed by atoms with Crippen LogP contribution in [0.15, 0.2) is 47.1 Å². The zero-order chi connectivity index (χ0) is 28.0. The Labute approximate surface area is 229 Å². The van der Waals surface area contributed by atoms with E-state index in [9.17, 15) is 19.3 Å². The van der Waals surface area contributed by atoms with Gasteiger partial charge in [0.05, 0.1) is 16.5 Å².